The number of esters is 1. The minimum absolute atomic E-state index is 0.0281. The van der Waals surface area contributed by atoms with E-state index in [1.165, 1.54) is 24.3 Å². The van der Waals surface area contributed by atoms with E-state index in [0.717, 1.165) is 36.9 Å². The van der Waals surface area contributed by atoms with Gasteiger partial charge in [-0.1, -0.05) is 25.1 Å². The number of aryl methyl sites for hydroxylation is 1. The highest BCUT2D eigenvalue weighted by molar-refractivity contribution is 5.91. The molecular formula is C42H56N4O16. The third kappa shape index (κ3) is 15.8. The number of aromatic nitrogens is 3. The van der Waals surface area contributed by atoms with E-state index in [4.69, 9.17) is 33.2 Å². The van der Waals surface area contributed by atoms with Crippen LogP contribution in [0.2, 0.25) is 0 Å². The molecule has 20 heteroatoms. The van der Waals surface area contributed by atoms with Crippen LogP contribution in [0.3, 0.4) is 0 Å². The Morgan fingerprint density at radius 2 is 1.39 bits per heavy atom. The normalized spacial score (nSPS) is 14.4. The van der Waals surface area contributed by atoms with Crippen LogP contribution in [0.1, 0.15) is 60.0 Å². The number of hydrogen-bond donors (Lipinski definition) is 8. The van der Waals surface area contributed by atoms with E-state index in [1.807, 2.05) is 10.9 Å². The zero-order valence-electron chi connectivity index (χ0n) is 34.9. The lowest BCUT2D eigenvalue weighted by atomic mass is 9.93. The maximum atomic E-state index is 12.7. The summed E-state index contributed by atoms with van der Waals surface area (Å²) in [5.74, 6) is -3.81. The maximum Gasteiger partial charge on any atom is 0.338 e. The molecule has 1 aliphatic rings. The number of carbonyl (C=O) groups is 2. The van der Waals surface area contributed by atoms with Crippen LogP contribution in [0, 0.1) is 5.92 Å². The molecule has 4 aromatic rings. The van der Waals surface area contributed by atoms with Gasteiger partial charge in [0.2, 0.25) is 5.91 Å². The van der Waals surface area contributed by atoms with Crippen LogP contribution in [0.25, 0.3) is 0 Å². The van der Waals surface area contributed by atoms with Gasteiger partial charge in [0, 0.05) is 49.7 Å². The van der Waals surface area contributed by atoms with E-state index in [0.29, 0.717) is 84.0 Å². The van der Waals surface area contributed by atoms with Crippen molar-refractivity contribution in [1.29, 1.82) is 0 Å². The van der Waals surface area contributed by atoms with Crippen LogP contribution < -0.4 is 10.1 Å². The second-order valence-corrected chi connectivity index (χ2v) is 14.3. The van der Waals surface area contributed by atoms with Crippen molar-refractivity contribution in [2.75, 3.05) is 66.5 Å². The standard InChI is InChI=1S/C22H18O10.C20H38N4O6/c23-11-6-14(25)12-8-19(32-22(30)10-4-16(27)20(29)17(28)5-10)21(31-18(12)7-11)9-1-2-13(24)15(26)3-9;1-18(2)4-6-24-16-19(22-23-24)17-30-15-14-29-13-12-28-11-10-27-9-8-26-7-5-20(25)21-3/h1-7,19,21,23-29H,8H2;16,18H,4-15,17H2,1-3H3,(H,21,25)/t19-,21-;/m1./s1. The molecular weight excluding hydrogens is 816 g/mol. The summed E-state index contributed by atoms with van der Waals surface area (Å²) in [7, 11) is 1.61. The fourth-order valence-corrected chi connectivity index (χ4v) is 5.73. The highest BCUT2D eigenvalue weighted by Gasteiger charge is 2.37. The Balaban J connectivity index is 0.000000274. The molecule has 340 valence electrons. The number of rotatable bonds is 23. The number of nitrogens with zero attached hydrogens (tertiary/aromatic N) is 3. The number of nitrogens with one attached hydrogen (secondary N) is 1. The van der Waals surface area contributed by atoms with Gasteiger partial charge in [-0.25, -0.2) is 4.79 Å². The van der Waals surface area contributed by atoms with E-state index in [9.17, 15) is 45.3 Å². The molecule has 8 N–H and O–H groups in total. The minimum atomic E-state index is -1.06. The quantitative estimate of drug-likeness (QED) is 0.0300. The molecule has 0 fully saturated rings. The van der Waals surface area contributed by atoms with Crippen molar-refractivity contribution in [3.63, 3.8) is 0 Å². The van der Waals surface area contributed by atoms with E-state index in [2.05, 4.69) is 29.5 Å². The van der Waals surface area contributed by atoms with Crippen molar-refractivity contribution in [2.24, 2.45) is 5.92 Å². The Kier molecular flexibility index (Phi) is 19.6. The van der Waals surface area contributed by atoms with Gasteiger partial charge in [-0.3, -0.25) is 9.48 Å². The molecule has 3 aromatic carbocycles. The molecule has 1 amide bonds. The van der Waals surface area contributed by atoms with Crippen molar-refractivity contribution in [3.8, 4) is 46.0 Å². The van der Waals surface area contributed by atoms with Gasteiger partial charge in [0.1, 0.15) is 29.0 Å². The fourth-order valence-electron chi connectivity index (χ4n) is 5.73. The number of amides is 1. The van der Waals surface area contributed by atoms with E-state index in [-0.39, 0.29) is 46.5 Å². The second kappa shape index (κ2) is 25.0. The first kappa shape index (κ1) is 48.6. The second-order valence-electron chi connectivity index (χ2n) is 14.3. The van der Waals surface area contributed by atoms with Gasteiger partial charge in [0.25, 0.3) is 0 Å². The van der Waals surface area contributed by atoms with Crippen molar-refractivity contribution in [1.82, 2.24) is 20.3 Å². The Morgan fingerprint density at radius 3 is 1.98 bits per heavy atom. The smallest absolute Gasteiger partial charge is 0.338 e. The molecule has 0 saturated carbocycles. The Bertz CT molecular complexity index is 2000. The number of benzene rings is 3. The average molecular weight is 873 g/mol. The van der Waals surface area contributed by atoms with Crippen molar-refractivity contribution in [3.05, 3.63) is 71.0 Å². The van der Waals surface area contributed by atoms with Gasteiger partial charge in [-0.2, -0.15) is 0 Å². The van der Waals surface area contributed by atoms with Crippen LogP contribution in [0.4, 0.5) is 0 Å². The molecule has 62 heavy (non-hydrogen) atoms. The molecule has 2 heterocycles. The molecule has 0 unspecified atom stereocenters. The van der Waals surface area contributed by atoms with Crippen LogP contribution >= 0.6 is 0 Å². The summed E-state index contributed by atoms with van der Waals surface area (Å²) in [6.45, 7) is 10.1. The number of fused-ring (bicyclic) bond motifs is 1. The van der Waals surface area contributed by atoms with Gasteiger partial charge in [0.15, 0.2) is 34.9 Å². The number of carbonyl (C=O) groups excluding carboxylic acids is 2. The lowest BCUT2D eigenvalue weighted by Gasteiger charge is -2.34. The van der Waals surface area contributed by atoms with Crippen LogP contribution in [0.5, 0.6) is 46.0 Å². The summed E-state index contributed by atoms with van der Waals surface area (Å²) >= 11 is 0. The first-order chi connectivity index (χ1) is 29.7. The van der Waals surface area contributed by atoms with Crippen molar-refractivity contribution >= 4 is 11.9 Å². The lowest BCUT2D eigenvalue weighted by Crippen LogP contribution is -2.34. The summed E-state index contributed by atoms with van der Waals surface area (Å²) in [6.07, 6.45) is 1.25. The molecule has 0 saturated heterocycles. The topological polar surface area (TPSA) is 283 Å². The minimum Gasteiger partial charge on any atom is -0.508 e. The van der Waals surface area contributed by atoms with E-state index in [1.54, 1.807) is 7.05 Å². The maximum absolute atomic E-state index is 12.7. The van der Waals surface area contributed by atoms with Gasteiger partial charge in [0.05, 0.1) is 77.8 Å². The Labute approximate surface area is 358 Å². The SMILES string of the molecule is CNC(=O)CCOCCOCCOCCOCCOCc1cn(CCC(C)C)nn1.O=C(O[C@@H]1Cc2c(O)cc(O)cc2O[C@@H]1c1ccc(O)c(O)c1)c1cc(O)c(O)c(O)c1. The highest BCUT2D eigenvalue weighted by atomic mass is 16.6. The summed E-state index contributed by atoms with van der Waals surface area (Å²) in [5, 5.41) is 79.0. The van der Waals surface area contributed by atoms with Crippen LogP contribution in [-0.4, -0.2) is 135 Å². The van der Waals surface area contributed by atoms with Crippen LogP contribution in [0.15, 0.2) is 48.7 Å². The molecule has 0 spiro atoms. The third-order valence-corrected chi connectivity index (χ3v) is 9.07. The molecule has 2 atom stereocenters. The number of ether oxygens (including phenoxy) is 7. The number of phenolic OH excluding ortho intramolecular Hbond substituents is 7. The molecule has 0 radical (unpaired) electrons. The summed E-state index contributed by atoms with van der Waals surface area (Å²) in [5.41, 5.74) is 1.16. The zero-order valence-corrected chi connectivity index (χ0v) is 34.9. The summed E-state index contributed by atoms with van der Waals surface area (Å²) in [4.78, 5) is 23.7. The number of hydrogen-bond acceptors (Lipinski definition) is 18. The first-order valence-corrected chi connectivity index (χ1v) is 19.9. The van der Waals surface area contributed by atoms with E-state index < -0.39 is 41.2 Å². The zero-order chi connectivity index (χ0) is 45.0. The largest absolute Gasteiger partial charge is 0.508 e. The first-order valence-electron chi connectivity index (χ1n) is 19.9. The van der Waals surface area contributed by atoms with Gasteiger partial charge < -0.3 is 74.2 Å². The molecule has 0 aliphatic carbocycles. The third-order valence-electron chi connectivity index (χ3n) is 9.07. The summed E-state index contributed by atoms with van der Waals surface area (Å²) < 4.78 is 40.3. The van der Waals surface area contributed by atoms with Gasteiger partial charge >= 0.3 is 5.97 Å². The number of phenols is 7. The average Bonchev–Trinajstić information content (AvgIpc) is 3.70. The predicted octanol–water partition coefficient (Wildman–Crippen LogP) is 3.57. The number of aromatic hydroxyl groups is 7. The molecule has 20 nitrogen and oxygen atoms in total. The summed E-state index contributed by atoms with van der Waals surface area (Å²) in [6, 6.07) is 8.07. The van der Waals surface area contributed by atoms with E-state index >= 15 is 0 Å². The van der Waals surface area contributed by atoms with Gasteiger partial charge in [-0.15, -0.1) is 5.10 Å². The van der Waals surface area contributed by atoms with Crippen molar-refractivity contribution < 1.29 is 78.5 Å². The molecule has 1 aromatic heterocycles. The Morgan fingerprint density at radius 1 is 0.774 bits per heavy atom. The Hall–Kier alpha value is -6.06. The fraction of sp³-hybridized carbons (Fsp3) is 0.476. The molecule has 1 aliphatic heterocycles. The molecule has 0 bridgehead atoms. The lowest BCUT2D eigenvalue weighted by molar-refractivity contribution is -0.121. The predicted molar refractivity (Wildman–Crippen MR) is 218 cm³/mol. The molecule has 5 rings (SSSR count). The van der Waals surface area contributed by atoms with Crippen LogP contribution in [-0.2, 0) is 52.8 Å². The van der Waals surface area contributed by atoms with Crippen molar-refractivity contribution in [2.45, 2.75) is 58.5 Å². The highest BCUT2D eigenvalue weighted by Crippen LogP contribution is 2.44. The van der Waals surface area contributed by atoms with Gasteiger partial charge in [-0.05, 0) is 36.6 Å². The monoisotopic (exact) mass is 872 g/mol.